The van der Waals surface area contributed by atoms with Crippen molar-refractivity contribution in [3.63, 3.8) is 0 Å². The van der Waals surface area contributed by atoms with Gasteiger partial charge in [-0.05, 0) is 38.3 Å². The van der Waals surface area contributed by atoms with Gasteiger partial charge in [0.1, 0.15) is 11.9 Å². The minimum absolute atomic E-state index is 0.101. The fourth-order valence-electron chi connectivity index (χ4n) is 1.92. The van der Waals surface area contributed by atoms with Gasteiger partial charge in [-0.25, -0.2) is 4.39 Å². The summed E-state index contributed by atoms with van der Waals surface area (Å²) >= 11 is 0. The van der Waals surface area contributed by atoms with Crippen molar-refractivity contribution >= 4 is 11.6 Å². The summed E-state index contributed by atoms with van der Waals surface area (Å²) < 4.78 is 13.7. The summed E-state index contributed by atoms with van der Waals surface area (Å²) in [7, 11) is 0. The number of nitrogens with one attached hydrogen (secondary N) is 2. The van der Waals surface area contributed by atoms with Crippen LogP contribution in [0.1, 0.15) is 39.2 Å². The van der Waals surface area contributed by atoms with Gasteiger partial charge in [-0.2, -0.15) is 0 Å². The van der Waals surface area contributed by atoms with Crippen molar-refractivity contribution in [1.82, 2.24) is 5.32 Å². The largest absolute Gasteiger partial charge is 0.371 e. The molecule has 0 radical (unpaired) electrons. The van der Waals surface area contributed by atoms with E-state index in [4.69, 9.17) is 0 Å². The Morgan fingerprint density at radius 1 is 1.32 bits per heavy atom. The van der Waals surface area contributed by atoms with Gasteiger partial charge in [-0.15, -0.1) is 0 Å². The molecule has 19 heavy (non-hydrogen) atoms. The van der Waals surface area contributed by atoms with Gasteiger partial charge in [-0.3, -0.25) is 4.79 Å². The third-order valence-electron chi connectivity index (χ3n) is 3.31. The number of amides is 1. The summed E-state index contributed by atoms with van der Waals surface area (Å²) in [6.45, 7) is 7.63. The highest BCUT2D eigenvalue weighted by atomic mass is 19.1. The Hall–Kier alpha value is -1.58. The van der Waals surface area contributed by atoms with Crippen LogP contribution in [0.2, 0.25) is 0 Å². The van der Waals surface area contributed by atoms with Crippen molar-refractivity contribution in [3.05, 3.63) is 29.6 Å². The molecule has 1 aromatic rings. The zero-order valence-corrected chi connectivity index (χ0v) is 12.1. The second-order valence-electron chi connectivity index (χ2n) is 4.82. The van der Waals surface area contributed by atoms with E-state index in [1.54, 1.807) is 13.0 Å². The lowest BCUT2D eigenvalue weighted by molar-refractivity contribution is -0.122. The lowest BCUT2D eigenvalue weighted by atomic mass is 10.1. The molecule has 1 rings (SSSR count). The average molecular weight is 266 g/mol. The van der Waals surface area contributed by atoms with Crippen LogP contribution in [0.4, 0.5) is 10.1 Å². The molecule has 0 aliphatic heterocycles. The van der Waals surface area contributed by atoms with Crippen molar-refractivity contribution < 1.29 is 9.18 Å². The van der Waals surface area contributed by atoms with E-state index >= 15 is 0 Å². The molecule has 1 amide bonds. The smallest absolute Gasteiger partial charge is 0.242 e. The molecule has 1 atom stereocenters. The summed E-state index contributed by atoms with van der Waals surface area (Å²) in [5, 5.41) is 5.90. The summed E-state index contributed by atoms with van der Waals surface area (Å²) in [6, 6.07) is 4.58. The zero-order chi connectivity index (χ0) is 14.4. The minimum atomic E-state index is -0.462. The van der Waals surface area contributed by atoms with Crippen LogP contribution in [0.5, 0.6) is 0 Å². The summed E-state index contributed by atoms with van der Waals surface area (Å²) in [4.78, 5) is 12.0. The first-order valence-corrected chi connectivity index (χ1v) is 6.81. The number of hydrogen-bond donors (Lipinski definition) is 2. The molecule has 2 N–H and O–H groups in total. The highest BCUT2D eigenvalue weighted by Gasteiger charge is 2.17. The van der Waals surface area contributed by atoms with Crippen LogP contribution in [0.25, 0.3) is 0 Å². The Kier molecular flexibility index (Phi) is 5.80. The number of anilines is 1. The average Bonchev–Trinajstić information content (AvgIpc) is 2.39. The maximum absolute atomic E-state index is 13.7. The van der Waals surface area contributed by atoms with E-state index in [9.17, 15) is 9.18 Å². The molecule has 0 aliphatic rings. The Bertz CT molecular complexity index is 410. The van der Waals surface area contributed by atoms with E-state index in [1.807, 2.05) is 26.8 Å². The Morgan fingerprint density at radius 3 is 2.47 bits per heavy atom. The van der Waals surface area contributed by atoms with E-state index in [1.165, 1.54) is 6.07 Å². The fourth-order valence-corrected chi connectivity index (χ4v) is 1.92. The zero-order valence-electron chi connectivity index (χ0n) is 12.1. The predicted octanol–water partition coefficient (Wildman–Crippen LogP) is 3.24. The van der Waals surface area contributed by atoms with Gasteiger partial charge in [0.2, 0.25) is 5.91 Å². The van der Waals surface area contributed by atoms with Gasteiger partial charge in [-0.1, -0.05) is 26.0 Å². The molecular formula is C15H23FN2O. The highest BCUT2D eigenvalue weighted by Crippen LogP contribution is 2.19. The van der Waals surface area contributed by atoms with E-state index in [2.05, 4.69) is 10.6 Å². The highest BCUT2D eigenvalue weighted by molar-refractivity contribution is 5.84. The number of rotatable bonds is 6. The molecule has 1 unspecified atom stereocenters. The fraction of sp³-hybridized carbons (Fsp3) is 0.533. The molecule has 4 heteroatoms. The van der Waals surface area contributed by atoms with Gasteiger partial charge in [0.15, 0.2) is 0 Å². The maximum Gasteiger partial charge on any atom is 0.242 e. The van der Waals surface area contributed by atoms with Gasteiger partial charge in [0.25, 0.3) is 0 Å². The van der Waals surface area contributed by atoms with Gasteiger partial charge < -0.3 is 10.6 Å². The summed E-state index contributed by atoms with van der Waals surface area (Å²) in [5.74, 6) is -0.432. The molecule has 3 nitrogen and oxygen atoms in total. The lowest BCUT2D eigenvalue weighted by Crippen LogP contribution is -2.43. The summed E-state index contributed by atoms with van der Waals surface area (Å²) in [6.07, 6.45) is 1.79. The van der Waals surface area contributed by atoms with E-state index < -0.39 is 6.04 Å². The molecule has 0 heterocycles. The molecular weight excluding hydrogens is 243 g/mol. The quantitative estimate of drug-likeness (QED) is 0.830. The molecule has 0 fully saturated rings. The van der Waals surface area contributed by atoms with Crippen molar-refractivity contribution in [2.45, 2.75) is 52.6 Å². The van der Waals surface area contributed by atoms with Crippen LogP contribution >= 0.6 is 0 Å². The Labute approximate surface area is 114 Å². The molecule has 0 saturated carbocycles. The SMILES string of the molecule is CCC(CC)NC(=O)C(C)Nc1c(C)cccc1F. The van der Waals surface area contributed by atoms with E-state index in [-0.39, 0.29) is 17.8 Å². The monoisotopic (exact) mass is 266 g/mol. The van der Waals surface area contributed by atoms with Crippen molar-refractivity contribution in [1.29, 1.82) is 0 Å². The molecule has 0 aliphatic carbocycles. The molecule has 0 saturated heterocycles. The number of carbonyl (C=O) groups is 1. The molecule has 0 bridgehead atoms. The molecule has 1 aromatic carbocycles. The van der Waals surface area contributed by atoms with Crippen molar-refractivity contribution in [2.24, 2.45) is 0 Å². The van der Waals surface area contributed by atoms with Crippen LogP contribution in [0.15, 0.2) is 18.2 Å². The number of benzene rings is 1. The Balaban J connectivity index is 2.69. The summed E-state index contributed by atoms with van der Waals surface area (Å²) in [5.41, 5.74) is 1.19. The third-order valence-corrected chi connectivity index (χ3v) is 3.31. The topological polar surface area (TPSA) is 41.1 Å². The molecule has 0 spiro atoms. The maximum atomic E-state index is 13.7. The molecule has 106 valence electrons. The lowest BCUT2D eigenvalue weighted by Gasteiger charge is -2.21. The number of aryl methyl sites for hydroxylation is 1. The number of para-hydroxylation sites is 1. The van der Waals surface area contributed by atoms with Gasteiger partial charge in [0, 0.05) is 6.04 Å². The normalized spacial score (nSPS) is 12.3. The van der Waals surface area contributed by atoms with Crippen LogP contribution in [-0.4, -0.2) is 18.0 Å². The van der Waals surface area contributed by atoms with Crippen LogP contribution in [0.3, 0.4) is 0 Å². The van der Waals surface area contributed by atoms with Crippen molar-refractivity contribution in [2.75, 3.05) is 5.32 Å². The van der Waals surface area contributed by atoms with E-state index in [0.29, 0.717) is 5.69 Å². The Morgan fingerprint density at radius 2 is 1.95 bits per heavy atom. The second kappa shape index (κ2) is 7.12. The number of carbonyl (C=O) groups excluding carboxylic acids is 1. The van der Waals surface area contributed by atoms with Gasteiger partial charge >= 0.3 is 0 Å². The van der Waals surface area contributed by atoms with Crippen LogP contribution < -0.4 is 10.6 Å². The molecule has 0 aromatic heterocycles. The predicted molar refractivity (Wildman–Crippen MR) is 76.7 cm³/mol. The van der Waals surface area contributed by atoms with E-state index in [0.717, 1.165) is 18.4 Å². The number of hydrogen-bond acceptors (Lipinski definition) is 2. The van der Waals surface area contributed by atoms with Crippen molar-refractivity contribution in [3.8, 4) is 0 Å². The van der Waals surface area contributed by atoms with Gasteiger partial charge in [0.05, 0.1) is 5.69 Å². The second-order valence-corrected chi connectivity index (χ2v) is 4.82. The standard InChI is InChI=1S/C15H23FN2O/c1-5-12(6-2)18-15(19)11(4)17-14-10(3)8-7-9-13(14)16/h7-9,11-12,17H,5-6H2,1-4H3,(H,18,19). The first kappa shape index (κ1) is 15.5. The minimum Gasteiger partial charge on any atom is -0.371 e. The van der Waals surface area contributed by atoms with Crippen LogP contribution in [0, 0.1) is 12.7 Å². The third kappa shape index (κ3) is 4.23. The number of halogens is 1. The first-order chi connectivity index (χ1) is 8.99. The van der Waals surface area contributed by atoms with Crippen LogP contribution in [-0.2, 0) is 4.79 Å². The first-order valence-electron chi connectivity index (χ1n) is 6.81.